The van der Waals surface area contributed by atoms with Gasteiger partial charge in [-0.1, -0.05) is 18.2 Å². The van der Waals surface area contributed by atoms with Gasteiger partial charge < -0.3 is 14.7 Å². The van der Waals surface area contributed by atoms with Gasteiger partial charge in [-0.05, 0) is 18.2 Å². The molecule has 15 nitrogen and oxygen atoms in total. The van der Waals surface area contributed by atoms with E-state index in [4.69, 9.17) is 0 Å². The van der Waals surface area contributed by atoms with Gasteiger partial charge in [0.2, 0.25) is 0 Å². The topological polar surface area (TPSA) is 190 Å². The third-order valence-corrected chi connectivity index (χ3v) is 6.69. The molecule has 0 aliphatic carbocycles. The molecule has 0 aromatic heterocycles. The van der Waals surface area contributed by atoms with Crippen LogP contribution in [0, 0.1) is 30.3 Å². The van der Waals surface area contributed by atoms with E-state index in [2.05, 4.69) is 19.7 Å². The second-order valence-electron chi connectivity index (χ2n) is 9.60. The first kappa shape index (κ1) is 31.4. The molecule has 0 radical (unpaired) electrons. The molecule has 1 aliphatic heterocycles. The number of anilines is 3. The normalized spacial score (nSPS) is 13.1. The molecule has 0 saturated heterocycles. The van der Waals surface area contributed by atoms with Crippen molar-refractivity contribution >= 4 is 51.8 Å². The maximum absolute atomic E-state index is 13.9. The van der Waals surface area contributed by atoms with Gasteiger partial charge in [-0.2, -0.15) is 0 Å². The van der Waals surface area contributed by atoms with Gasteiger partial charge in [-0.15, -0.1) is 19.7 Å². The number of nitrogens with zero attached hydrogens (tertiary/aromatic N) is 6. The summed E-state index contributed by atoms with van der Waals surface area (Å²) in [6.07, 6.45) is 3.94. The number of nitro groups is 3. The SMILES string of the molecule is C=CCN1C(=O)c2cc(cc([N+](=O)[O-])c2)N(CC=C)C(=O)c2cc(cc([N+](=O)[O-])c2)N(CC=C)C(=O)c2cc1cc([N+](=O)[O-])c2. The lowest BCUT2D eigenvalue weighted by molar-refractivity contribution is -0.385. The highest BCUT2D eigenvalue weighted by atomic mass is 16.6. The summed E-state index contributed by atoms with van der Waals surface area (Å²) in [5.74, 6) is -2.59. The van der Waals surface area contributed by atoms with E-state index in [0.717, 1.165) is 51.1 Å². The van der Waals surface area contributed by atoms with E-state index in [1.165, 1.54) is 36.4 Å². The molecular formula is C30H24N6O9. The summed E-state index contributed by atoms with van der Waals surface area (Å²) in [7, 11) is 0. The highest BCUT2D eigenvalue weighted by molar-refractivity contribution is 6.13. The Morgan fingerprint density at radius 2 is 0.733 bits per heavy atom. The summed E-state index contributed by atoms with van der Waals surface area (Å²) in [5, 5.41) is 35.8. The fraction of sp³-hybridized carbons (Fsp3) is 0.100. The first-order valence-corrected chi connectivity index (χ1v) is 13.1. The van der Waals surface area contributed by atoms with Crippen LogP contribution in [-0.2, 0) is 0 Å². The fourth-order valence-corrected chi connectivity index (χ4v) is 4.71. The standard InChI is InChI=1S/C30H24N6O9/c1-4-7-31-22-10-20(14-25(16-22)34(40)41)29(38)33(9-6-3)24-12-21(15-27(18-24)36(44)45)30(39)32(8-5-2)23-11-19(28(31)37)13-26(17-23)35(42)43/h4-6,10-18H,1-3,7-9H2. The molecule has 1 aliphatic rings. The van der Waals surface area contributed by atoms with Gasteiger partial charge in [0.15, 0.2) is 0 Å². The zero-order valence-corrected chi connectivity index (χ0v) is 23.5. The predicted octanol–water partition coefficient (Wildman–Crippen LogP) is 5.22. The van der Waals surface area contributed by atoms with Gasteiger partial charge >= 0.3 is 0 Å². The largest absolute Gasteiger partial charge is 0.304 e. The molecule has 0 fully saturated rings. The predicted molar refractivity (Wildman–Crippen MR) is 165 cm³/mol. The monoisotopic (exact) mass is 612 g/mol. The van der Waals surface area contributed by atoms with Crippen LogP contribution in [0.4, 0.5) is 34.1 Å². The second kappa shape index (κ2) is 12.8. The summed E-state index contributed by atoms with van der Waals surface area (Å²) in [5.41, 5.74) is -2.85. The maximum atomic E-state index is 13.9. The molecule has 6 bridgehead atoms. The molecule has 3 aromatic rings. The van der Waals surface area contributed by atoms with Crippen LogP contribution in [0.1, 0.15) is 31.1 Å². The van der Waals surface area contributed by atoms with Gasteiger partial charge in [0.1, 0.15) is 0 Å². The Morgan fingerprint density at radius 1 is 0.489 bits per heavy atom. The van der Waals surface area contributed by atoms with Crippen LogP contribution in [0.2, 0.25) is 0 Å². The number of rotatable bonds is 9. The third-order valence-electron chi connectivity index (χ3n) is 6.69. The molecule has 15 heteroatoms. The van der Waals surface area contributed by atoms with Crippen LogP contribution in [0.15, 0.2) is 92.6 Å². The van der Waals surface area contributed by atoms with E-state index in [1.54, 1.807) is 0 Å². The molecule has 0 spiro atoms. The lowest BCUT2D eigenvalue weighted by atomic mass is 10.1. The van der Waals surface area contributed by atoms with Gasteiger partial charge in [0.05, 0.1) is 31.8 Å². The Bertz CT molecular complexity index is 1610. The summed E-state index contributed by atoms with van der Waals surface area (Å²) in [6.45, 7) is 10.2. The van der Waals surface area contributed by atoms with E-state index < -0.39 is 49.6 Å². The number of carbonyl (C=O) groups is 3. The molecule has 1 heterocycles. The summed E-state index contributed by atoms with van der Waals surface area (Å²) < 4.78 is 0. The van der Waals surface area contributed by atoms with Crippen LogP contribution in [-0.4, -0.2) is 52.1 Å². The minimum Gasteiger partial charge on any atom is -0.304 e. The molecule has 0 N–H and O–H groups in total. The quantitative estimate of drug-likeness (QED) is 0.177. The molecule has 3 amide bonds. The average molecular weight is 613 g/mol. The number of benzene rings is 3. The summed E-state index contributed by atoms with van der Waals surface area (Å²) in [6, 6.07) is 9.67. The molecule has 4 rings (SSSR count). The summed E-state index contributed by atoms with van der Waals surface area (Å²) in [4.78, 5) is 78.4. The molecular weight excluding hydrogens is 588 g/mol. The minimum absolute atomic E-state index is 0.113. The molecule has 0 atom stereocenters. The van der Waals surface area contributed by atoms with E-state index in [9.17, 15) is 44.7 Å². The van der Waals surface area contributed by atoms with Crippen molar-refractivity contribution in [1.82, 2.24) is 0 Å². The van der Waals surface area contributed by atoms with Crippen LogP contribution < -0.4 is 14.7 Å². The van der Waals surface area contributed by atoms with Crippen LogP contribution in [0.5, 0.6) is 0 Å². The highest BCUT2D eigenvalue weighted by Gasteiger charge is 2.30. The molecule has 0 unspecified atom stereocenters. The minimum atomic E-state index is -0.862. The van der Waals surface area contributed by atoms with Crippen molar-refractivity contribution in [3.05, 3.63) is 140 Å². The van der Waals surface area contributed by atoms with Crippen molar-refractivity contribution in [1.29, 1.82) is 0 Å². The average Bonchev–Trinajstić information content (AvgIpc) is 3.02. The number of hydrogen-bond donors (Lipinski definition) is 0. The Labute approximate surface area is 255 Å². The number of nitro benzene ring substituents is 3. The lowest BCUT2D eigenvalue weighted by Gasteiger charge is -2.24. The number of non-ortho nitro benzene ring substituents is 3. The molecule has 0 saturated carbocycles. The first-order chi connectivity index (χ1) is 21.4. The third kappa shape index (κ3) is 6.31. The fourth-order valence-electron chi connectivity index (χ4n) is 4.71. The van der Waals surface area contributed by atoms with Crippen LogP contribution in [0.3, 0.4) is 0 Å². The number of amides is 3. The van der Waals surface area contributed by atoms with Crippen molar-refractivity contribution in [2.75, 3.05) is 34.3 Å². The van der Waals surface area contributed by atoms with Crippen LogP contribution in [0.25, 0.3) is 0 Å². The van der Waals surface area contributed by atoms with Crippen molar-refractivity contribution in [3.63, 3.8) is 0 Å². The van der Waals surface area contributed by atoms with E-state index in [0.29, 0.717) is 0 Å². The van der Waals surface area contributed by atoms with Gasteiger partial charge in [0, 0.05) is 72.7 Å². The number of hydrogen-bond acceptors (Lipinski definition) is 9. The highest BCUT2D eigenvalue weighted by Crippen LogP contribution is 2.33. The number of fused-ring (bicyclic) bond motifs is 6. The first-order valence-electron chi connectivity index (χ1n) is 13.1. The van der Waals surface area contributed by atoms with E-state index >= 15 is 0 Å². The molecule has 228 valence electrons. The second-order valence-corrected chi connectivity index (χ2v) is 9.60. The zero-order chi connectivity index (χ0) is 33.0. The Hall–Kier alpha value is -6.51. The van der Waals surface area contributed by atoms with Crippen molar-refractivity contribution in [2.24, 2.45) is 0 Å². The van der Waals surface area contributed by atoms with Gasteiger partial charge in [0.25, 0.3) is 34.8 Å². The van der Waals surface area contributed by atoms with Crippen molar-refractivity contribution in [2.45, 2.75) is 0 Å². The summed E-state index contributed by atoms with van der Waals surface area (Å²) >= 11 is 0. The Morgan fingerprint density at radius 3 is 0.933 bits per heavy atom. The van der Waals surface area contributed by atoms with E-state index in [1.807, 2.05) is 0 Å². The lowest BCUT2D eigenvalue weighted by Crippen LogP contribution is -2.33. The van der Waals surface area contributed by atoms with Gasteiger partial charge in [-0.25, -0.2) is 0 Å². The van der Waals surface area contributed by atoms with Crippen molar-refractivity contribution < 1.29 is 29.2 Å². The zero-order valence-electron chi connectivity index (χ0n) is 23.5. The van der Waals surface area contributed by atoms with Gasteiger partial charge in [-0.3, -0.25) is 44.7 Å². The Balaban J connectivity index is 2.16. The van der Waals surface area contributed by atoms with Crippen LogP contribution >= 0.6 is 0 Å². The Kier molecular flexibility index (Phi) is 8.93. The molecule has 45 heavy (non-hydrogen) atoms. The smallest absolute Gasteiger partial charge is 0.272 e. The number of carbonyl (C=O) groups excluding carboxylic acids is 3. The maximum Gasteiger partial charge on any atom is 0.272 e. The molecule has 3 aromatic carbocycles. The van der Waals surface area contributed by atoms with E-state index in [-0.39, 0.29) is 53.4 Å². The van der Waals surface area contributed by atoms with Crippen molar-refractivity contribution in [3.8, 4) is 0 Å².